The predicted octanol–water partition coefficient (Wildman–Crippen LogP) is 2.95. The van der Waals surface area contributed by atoms with Crippen molar-refractivity contribution in [3.05, 3.63) is 54.4 Å². The number of nitrogens with zero attached hydrogens (tertiary/aromatic N) is 1. The van der Waals surface area contributed by atoms with Crippen LogP contribution in [0.1, 0.15) is 25.5 Å². The van der Waals surface area contributed by atoms with Crippen LogP contribution in [0, 0.1) is 0 Å². The first-order valence-electron chi connectivity index (χ1n) is 5.94. The van der Waals surface area contributed by atoms with Gasteiger partial charge in [-0.25, -0.2) is 0 Å². The van der Waals surface area contributed by atoms with Crippen LogP contribution in [0.15, 0.2) is 48.8 Å². The van der Waals surface area contributed by atoms with Crippen molar-refractivity contribution in [3.8, 4) is 11.1 Å². The summed E-state index contributed by atoms with van der Waals surface area (Å²) in [5, 5.41) is 2.87. The molecule has 1 amide bonds. The highest BCUT2D eigenvalue weighted by Crippen LogP contribution is 2.20. The van der Waals surface area contributed by atoms with E-state index >= 15 is 0 Å². The van der Waals surface area contributed by atoms with Crippen molar-refractivity contribution >= 4 is 5.91 Å². The Hall–Kier alpha value is -2.16. The van der Waals surface area contributed by atoms with Gasteiger partial charge in [-0.15, -0.1) is 0 Å². The van der Waals surface area contributed by atoms with Crippen molar-refractivity contribution in [2.24, 2.45) is 0 Å². The lowest BCUT2D eigenvalue weighted by Crippen LogP contribution is -2.23. The third kappa shape index (κ3) is 2.94. The van der Waals surface area contributed by atoms with E-state index in [2.05, 4.69) is 10.3 Å². The van der Waals surface area contributed by atoms with E-state index in [9.17, 15) is 4.79 Å². The summed E-state index contributed by atoms with van der Waals surface area (Å²) in [6.45, 7) is 3.50. The first kappa shape index (κ1) is 12.3. The van der Waals surface area contributed by atoms with Gasteiger partial charge in [-0.3, -0.25) is 9.78 Å². The van der Waals surface area contributed by atoms with E-state index in [0.29, 0.717) is 0 Å². The molecule has 1 N–H and O–H groups in total. The molecule has 2 aromatic rings. The van der Waals surface area contributed by atoms with Gasteiger partial charge in [0.1, 0.15) is 0 Å². The Kier molecular flexibility index (Phi) is 3.72. The molecule has 0 saturated carbocycles. The van der Waals surface area contributed by atoms with Crippen LogP contribution in [0.2, 0.25) is 0 Å². The minimum atomic E-state index is -0.0150. The monoisotopic (exact) mass is 240 g/mol. The third-order valence-electron chi connectivity index (χ3n) is 2.83. The molecule has 0 fully saturated rings. The summed E-state index contributed by atoms with van der Waals surface area (Å²) >= 11 is 0. The average molecular weight is 240 g/mol. The summed E-state index contributed by atoms with van der Waals surface area (Å²) in [6.07, 6.45) is 3.60. The van der Waals surface area contributed by atoms with Gasteiger partial charge < -0.3 is 5.32 Å². The van der Waals surface area contributed by atoms with E-state index in [0.717, 1.165) is 16.7 Å². The van der Waals surface area contributed by atoms with Crippen molar-refractivity contribution in [1.82, 2.24) is 10.3 Å². The Labute approximate surface area is 107 Å². The molecule has 3 nitrogen and oxygen atoms in total. The molecule has 0 aliphatic heterocycles. The highest BCUT2D eigenvalue weighted by Gasteiger charge is 2.06. The first-order chi connectivity index (χ1) is 8.66. The topological polar surface area (TPSA) is 42.0 Å². The SMILES string of the molecule is CC(=O)NC(C)c1ccc(-c2cccnc2)cc1. The number of amides is 1. The van der Waals surface area contributed by atoms with Gasteiger partial charge in [-0.2, -0.15) is 0 Å². The first-order valence-corrected chi connectivity index (χ1v) is 5.94. The normalized spacial score (nSPS) is 11.9. The van der Waals surface area contributed by atoms with Crippen LogP contribution in [0.3, 0.4) is 0 Å². The second-order valence-corrected chi connectivity index (χ2v) is 4.29. The minimum absolute atomic E-state index is 0.0150. The van der Waals surface area contributed by atoms with Crippen molar-refractivity contribution < 1.29 is 4.79 Å². The maximum Gasteiger partial charge on any atom is 0.217 e. The third-order valence-corrected chi connectivity index (χ3v) is 2.83. The quantitative estimate of drug-likeness (QED) is 0.896. The molecule has 2 rings (SSSR count). The fourth-order valence-corrected chi connectivity index (χ4v) is 1.89. The molecular formula is C15H16N2O. The molecule has 1 atom stereocenters. The van der Waals surface area contributed by atoms with Crippen LogP contribution >= 0.6 is 0 Å². The van der Waals surface area contributed by atoms with Gasteiger partial charge in [0.25, 0.3) is 0 Å². The Bertz CT molecular complexity index is 520. The van der Waals surface area contributed by atoms with Gasteiger partial charge in [-0.1, -0.05) is 30.3 Å². The Balaban J connectivity index is 2.18. The summed E-state index contributed by atoms with van der Waals surface area (Å²) in [5.41, 5.74) is 3.32. The molecule has 92 valence electrons. The second-order valence-electron chi connectivity index (χ2n) is 4.29. The molecule has 0 bridgehead atoms. The smallest absolute Gasteiger partial charge is 0.217 e. The number of aromatic nitrogens is 1. The number of benzene rings is 1. The zero-order chi connectivity index (χ0) is 13.0. The molecule has 0 spiro atoms. The van der Waals surface area contributed by atoms with Gasteiger partial charge in [0.05, 0.1) is 6.04 Å². The van der Waals surface area contributed by atoms with Crippen molar-refractivity contribution in [2.75, 3.05) is 0 Å². The standard InChI is InChI=1S/C15H16N2O/c1-11(17-12(2)18)13-5-7-14(8-6-13)15-4-3-9-16-10-15/h3-11H,1-2H3,(H,17,18). The second kappa shape index (κ2) is 5.45. The van der Waals surface area contributed by atoms with Crippen LogP contribution in [0.25, 0.3) is 11.1 Å². The highest BCUT2D eigenvalue weighted by molar-refractivity contribution is 5.73. The fourth-order valence-electron chi connectivity index (χ4n) is 1.89. The molecule has 0 radical (unpaired) electrons. The number of hydrogen-bond acceptors (Lipinski definition) is 2. The molecule has 0 saturated heterocycles. The van der Waals surface area contributed by atoms with Gasteiger partial charge in [0.2, 0.25) is 5.91 Å². The fraction of sp³-hybridized carbons (Fsp3) is 0.200. The Morgan fingerprint density at radius 3 is 2.44 bits per heavy atom. The van der Waals surface area contributed by atoms with E-state index < -0.39 is 0 Å². The maximum absolute atomic E-state index is 11.0. The summed E-state index contributed by atoms with van der Waals surface area (Å²) < 4.78 is 0. The van der Waals surface area contributed by atoms with Crippen LogP contribution in [-0.2, 0) is 4.79 Å². The lowest BCUT2D eigenvalue weighted by atomic mass is 10.0. The van der Waals surface area contributed by atoms with Gasteiger partial charge in [-0.05, 0) is 29.7 Å². The van der Waals surface area contributed by atoms with Gasteiger partial charge in [0.15, 0.2) is 0 Å². The predicted molar refractivity (Wildman–Crippen MR) is 71.9 cm³/mol. The largest absolute Gasteiger partial charge is 0.350 e. The van der Waals surface area contributed by atoms with E-state index in [1.807, 2.05) is 49.5 Å². The minimum Gasteiger partial charge on any atom is -0.350 e. The van der Waals surface area contributed by atoms with E-state index in [1.165, 1.54) is 6.92 Å². The average Bonchev–Trinajstić information content (AvgIpc) is 2.39. The Morgan fingerprint density at radius 2 is 1.89 bits per heavy atom. The summed E-state index contributed by atoms with van der Waals surface area (Å²) in [6, 6.07) is 12.1. The number of rotatable bonds is 3. The molecule has 3 heteroatoms. The summed E-state index contributed by atoms with van der Waals surface area (Å²) in [5.74, 6) is -0.0150. The molecule has 1 unspecified atom stereocenters. The lowest BCUT2D eigenvalue weighted by molar-refractivity contribution is -0.119. The highest BCUT2D eigenvalue weighted by atomic mass is 16.1. The van der Waals surface area contributed by atoms with E-state index in [1.54, 1.807) is 6.20 Å². The number of hydrogen-bond donors (Lipinski definition) is 1. The van der Waals surface area contributed by atoms with Crippen LogP contribution in [0.4, 0.5) is 0 Å². The molecule has 0 aliphatic rings. The lowest BCUT2D eigenvalue weighted by Gasteiger charge is -2.13. The molecule has 18 heavy (non-hydrogen) atoms. The van der Waals surface area contributed by atoms with Crippen molar-refractivity contribution in [2.45, 2.75) is 19.9 Å². The van der Waals surface area contributed by atoms with Gasteiger partial charge in [0, 0.05) is 19.3 Å². The summed E-state index contributed by atoms with van der Waals surface area (Å²) in [4.78, 5) is 15.1. The number of pyridine rings is 1. The Morgan fingerprint density at radius 1 is 1.17 bits per heavy atom. The molecule has 1 heterocycles. The molecular weight excluding hydrogens is 224 g/mol. The van der Waals surface area contributed by atoms with E-state index in [4.69, 9.17) is 0 Å². The molecule has 0 aliphatic carbocycles. The molecule has 1 aromatic heterocycles. The van der Waals surface area contributed by atoms with Crippen molar-refractivity contribution in [1.29, 1.82) is 0 Å². The molecule has 1 aromatic carbocycles. The van der Waals surface area contributed by atoms with Crippen LogP contribution < -0.4 is 5.32 Å². The maximum atomic E-state index is 11.0. The van der Waals surface area contributed by atoms with E-state index in [-0.39, 0.29) is 11.9 Å². The van der Waals surface area contributed by atoms with Crippen LogP contribution in [-0.4, -0.2) is 10.9 Å². The van der Waals surface area contributed by atoms with Gasteiger partial charge >= 0.3 is 0 Å². The number of carbonyl (C=O) groups is 1. The number of carbonyl (C=O) groups excluding carboxylic acids is 1. The zero-order valence-corrected chi connectivity index (χ0v) is 10.6. The van der Waals surface area contributed by atoms with Crippen LogP contribution in [0.5, 0.6) is 0 Å². The number of nitrogens with one attached hydrogen (secondary N) is 1. The van der Waals surface area contributed by atoms with Crippen molar-refractivity contribution in [3.63, 3.8) is 0 Å². The summed E-state index contributed by atoms with van der Waals surface area (Å²) in [7, 11) is 0. The zero-order valence-electron chi connectivity index (χ0n) is 10.6.